The van der Waals surface area contributed by atoms with Crippen LogP contribution in [0.1, 0.15) is 30.0 Å². The highest BCUT2D eigenvalue weighted by atomic mass is 16.7. The van der Waals surface area contributed by atoms with Crippen molar-refractivity contribution in [2.45, 2.75) is 38.0 Å². The second kappa shape index (κ2) is 5.76. The maximum atomic E-state index is 11.0. The summed E-state index contributed by atoms with van der Waals surface area (Å²) in [5.41, 5.74) is 3.40. The molecule has 2 N–H and O–H groups in total. The van der Waals surface area contributed by atoms with Gasteiger partial charge in [-0.1, -0.05) is 30.3 Å². The summed E-state index contributed by atoms with van der Waals surface area (Å²) in [6, 6.07) is 10.3. The van der Waals surface area contributed by atoms with Crippen LogP contribution in [-0.2, 0) is 28.1 Å². The van der Waals surface area contributed by atoms with Crippen LogP contribution in [0.15, 0.2) is 30.3 Å². The Kier molecular flexibility index (Phi) is 3.70. The van der Waals surface area contributed by atoms with E-state index in [1.165, 1.54) is 16.5 Å². The Balaban J connectivity index is 1.80. The monoisotopic (exact) mass is 327 g/mol. The summed E-state index contributed by atoms with van der Waals surface area (Å²) in [7, 11) is 0. The van der Waals surface area contributed by atoms with Crippen molar-refractivity contribution >= 4 is 16.9 Å². The van der Waals surface area contributed by atoms with Gasteiger partial charge in [0.25, 0.3) is 0 Å². The van der Waals surface area contributed by atoms with Crippen LogP contribution in [0.2, 0.25) is 0 Å². The van der Waals surface area contributed by atoms with Gasteiger partial charge in [0.1, 0.15) is 0 Å². The fourth-order valence-corrected chi connectivity index (χ4v) is 3.97. The lowest BCUT2D eigenvalue weighted by atomic mass is 9.83. The zero-order chi connectivity index (χ0) is 16.7. The highest BCUT2D eigenvalue weighted by Gasteiger charge is 2.34. The largest absolute Gasteiger partial charge is 0.465 e. The Morgan fingerprint density at radius 3 is 2.58 bits per heavy atom. The molecule has 1 amide bonds. The lowest BCUT2D eigenvalue weighted by Gasteiger charge is -2.36. The number of ether oxygens (including phenoxy) is 2. The Hall–Kier alpha value is -2.11. The zero-order valence-corrected chi connectivity index (χ0v) is 13.7. The first-order chi connectivity index (χ1) is 11.6. The maximum Gasteiger partial charge on any atom is 0.404 e. The van der Waals surface area contributed by atoms with E-state index in [4.69, 9.17) is 14.6 Å². The molecule has 0 saturated carbocycles. The first-order valence-corrected chi connectivity index (χ1v) is 8.38. The molecule has 1 saturated heterocycles. The average molecular weight is 327 g/mol. The molecule has 0 spiro atoms. The first kappa shape index (κ1) is 15.4. The van der Waals surface area contributed by atoms with E-state index < -0.39 is 11.9 Å². The molecule has 5 nitrogen and oxygen atoms in total. The molecule has 0 aromatic heterocycles. The molecule has 1 aliphatic heterocycles. The molecule has 1 heterocycles. The Labute approximate surface area is 140 Å². The molecular formula is C19H21NO4. The van der Waals surface area contributed by atoms with Crippen molar-refractivity contribution in [1.29, 1.82) is 0 Å². The van der Waals surface area contributed by atoms with E-state index in [9.17, 15) is 4.79 Å². The van der Waals surface area contributed by atoms with Crippen molar-refractivity contribution in [3.63, 3.8) is 0 Å². The van der Waals surface area contributed by atoms with Crippen molar-refractivity contribution in [2.24, 2.45) is 0 Å². The quantitative estimate of drug-likeness (QED) is 0.889. The van der Waals surface area contributed by atoms with Crippen LogP contribution >= 0.6 is 0 Å². The first-order valence-electron chi connectivity index (χ1n) is 8.38. The third kappa shape index (κ3) is 2.54. The third-order valence-corrected chi connectivity index (χ3v) is 5.01. The number of carboxylic acid groups (broad SMARTS) is 1. The van der Waals surface area contributed by atoms with Gasteiger partial charge >= 0.3 is 6.09 Å². The summed E-state index contributed by atoms with van der Waals surface area (Å²) in [5.74, 6) is -0.717. The summed E-state index contributed by atoms with van der Waals surface area (Å²) in [6.07, 6.45) is 1.36. The molecule has 4 rings (SSSR count). The van der Waals surface area contributed by atoms with Gasteiger partial charge < -0.3 is 19.9 Å². The number of hydrogen-bond donors (Lipinski definition) is 2. The van der Waals surface area contributed by atoms with Gasteiger partial charge in [-0.15, -0.1) is 0 Å². The van der Waals surface area contributed by atoms with E-state index in [0.29, 0.717) is 26.1 Å². The van der Waals surface area contributed by atoms with Crippen molar-refractivity contribution in [3.05, 3.63) is 47.0 Å². The minimum Gasteiger partial charge on any atom is -0.465 e. The van der Waals surface area contributed by atoms with E-state index in [-0.39, 0.29) is 6.04 Å². The van der Waals surface area contributed by atoms with Gasteiger partial charge in [-0.25, -0.2) is 4.79 Å². The molecule has 1 atom stereocenters. The van der Waals surface area contributed by atoms with Crippen LogP contribution in [0.4, 0.5) is 4.79 Å². The Bertz CT molecular complexity index is 783. The molecule has 0 bridgehead atoms. The van der Waals surface area contributed by atoms with Gasteiger partial charge in [0.2, 0.25) is 0 Å². The molecule has 0 radical (unpaired) electrons. The van der Waals surface area contributed by atoms with Crippen molar-refractivity contribution in [1.82, 2.24) is 5.32 Å². The van der Waals surface area contributed by atoms with Crippen molar-refractivity contribution in [3.8, 4) is 0 Å². The molecule has 1 aliphatic carbocycles. The molecular weight excluding hydrogens is 306 g/mol. The molecule has 126 valence electrons. The smallest absolute Gasteiger partial charge is 0.404 e. The predicted octanol–water partition coefficient (Wildman–Crippen LogP) is 3.18. The van der Waals surface area contributed by atoms with Gasteiger partial charge in [0.05, 0.1) is 13.2 Å². The van der Waals surface area contributed by atoms with Gasteiger partial charge in [-0.05, 0) is 48.1 Å². The topological polar surface area (TPSA) is 67.8 Å². The SMILES string of the molecule is CC1(c2ccc3c4c(cccc24)CC(NC(=O)O)C3)OCCCO1. The van der Waals surface area contributed by atoms with Crippen molar-refractivity contribution < 1.29 is 19.4 Å². The van der Waals surface area contributed by atoms with Crippen LogP contribution < -0.4 is 5.32 Å². The molecule has 2 aromatic carbocycles. The highest BCUT2D eigenvalue weighted by molar-refractivity contribution is 5.93. The minimum absolute atomic E-state index is 0.0794. The van der Waals surface area contributed by atoms with Crippen molar-refractivity contribution in [2.75, 3.05) is 13.2 Å². The number of nitrogens with one attached hydrogen (secondary N) is 1. The molecule has 1 unspecified atom stereocenters. The average Bonchev–Trinajstić information content (AvgIpc) is 2.55. The number of hydrogen-bond acceptors (Lipinski definition) is 3. The van der Waals surface area contributed by atoms with Crippen LogP contribution in [0.3, 0.4) is 0 Å². The van der Waals surface area contributed by atoms with Crippen LogP contribution in [-0.4, -0.2) is 30.5 Å². The van der Waals surface area contributed by atoms with E-state index in [2.05, 4.69) is 29.6 Å². The van der Waals surface area contributed by atoms with Crippen LogP contribution in [0.25, 0.3) is 10.8 Å². The maximum absolute atomic E-state index is 11.0. The normalized spacial score (nSPS) is 22.3. The lowest BCUT2D eigenvalue weighted by Crippen LogP contribution is -2.39. The second-order valence-corrected chi connectivity index (χ2v) is 6.66. The molecule has 5 heteroatoms. The Morgan fingerprint density at radius 1 is 1.17 bits per heavy atom. The molecule has 1 fully saturated rings. The van der Waals surface area contributed by atoms with Gasteiger partial charge in [-0.2, -0.15) is 0 Å². The highest BCUT2D eigenvalue weighted by Crippen LogP contribution is 2.39. The van der Waals surface area contributed by atoms with E-state index in [0.717, 1.165) is 17.4 Å². The zero-order valence-electron chi connectivity index (χ0n) is 13.7. The molecule has 2 aromatic rings. The Morgan fingerprint density at radius 2 is 1.88 bits per heavy atom. The number of rotatable bonds is 2. The van der Waals surface area contributed by atoms with E-state index in [1.807, 2.05) is 13.0 Å². The van der Waals surface area contributed by atoms with E-state index >= 15 is 0 Å². The summed E-state index contributed by atoms with van der Waals surface area (Å²) >= 11 is 0. The summed E-state index contributed by atoms with van der Waals surface area (Å²) in [4.78, 5) is 11.0. The predicted molar refractivity (Wildman–Crippen MR) is 90.2 cm³/mol. The van der Waals surface area contributed by atoms with E-state index in [1.54, 1.807) is 0 Å². The summed E-state index contributed by atoms with van der Waals surface area (Å²) in [6.45, 7) is 3.38. The minimum atomic E-state index is -0.969. The molecule has 24 heavy (non-hydrogen) atoms. The number of benzene rings is 2. The standard InChI is InChI=1S/C19H21NO4/c1-19(23-8-3-9-24-19)16-7-6-13-11-14(20-18(21)22)10-12-4-2-5-15(16)17(12)13/h2,4-7,14,20H,3,8-11H2,1H3,(H,21,22). The summed E-state index contributed by atoms with van der Waals surface area (Å²) in [5, 5.41) is 14.0. The van der Waals surface area contributed by atoms with Gasteiger partial charge in [0.15, 0.2) is 5.79 Å². The molecule has 2 aliphatic rings. The van der Waals surface area contributed by atoms with Crippen LogP contribution in [0.5, 0.6) is 0 Å². The second-order valence-electron chi connectivity index (χ2n) is 6.66. The third-order valence-electron chi connectivity index (χ3n) is 5.01. The fraction of sp³-hybridized carbons (Fsp3) is 0.421. The van der Waals surface area contributed by atoms with Gasteiger partial charge in [-0.3, -0.25) is 0 Å². The van der Waals surface area contributed by atoms with Gasteiger partial charge in [0, 0.05) is 11.6 Å². The lowest BCUT2D eigenvalue weighted by molar-refractivity contribution is -0.264. The van der Waals surface area contributed by atoms with Crippen LogP contribution in [0, 0.1) is 0 Å². The summed E-state index contributed by atoms with van der Waals surface area (Å²) < 4.78 is 11.9. The number of carbonyl (C=O) groups is 1. The fourth-order valence-electron chi connectivity index (χ4n) is 3.97. The number of amides is 1.